The molecule has 2 nitrogen and oxygen atoms in total. The molecule has 0 amide bonds. The van der Waals surface area contributed by atoms with Gasteiger partial charge in [-0.3, -0.25) is 4.98 Å². The predicted molar refractivity (Wildman–Crippen MR) is 81.7 cm³/mol. The Labute approximate surface area is 122 Å². The van der Waals surface area contributed by atoms with Crippen LogP contribution in [0.2, 0.25) is 0 Å². The van der Waals surface area contributed by atoms with Crippen LogP contribution in [0.15, 0.2) is 18.3 Å². The van der Waals surface area contributed by atoms with E-state index in [-0.39, 0.29) is 0 Å². The van der Waals surface area contributed by atoms with E-state index in [1.807, 2.05) is 6.20 Å². The zero-order valence-corrected chi connectivity index (χ0v) is 12.5. The van der Waals surface area contributed by atoms with E-state index in [0.29, 0.717) is 12.0 Å². The van der Waals surface area contributed by atoms with E-state index in [0.717, 1.165) is 17.8 Å². The summed E-state index contributed by atoms with van der Waals surface area (Å²) in [6.45, 7) is 0. The maximum absolute atomic E-state index is 4.76. The normalized spacial score (nSPS) is 36.9. The summed E-state index contributed by atoms with van der Waals surface area (Å²) in [6, 6.07) is 5.06. The first-order chi connectivity index (χ1) is 9.90. The molecule has 4 atom stereocenters. The molecule has 1 aromatic heterocycles. The van der Waals surface area contributed by atoms with Crippen molar-refractivity contribution in [3.8, 4) is 0 Å². The maximum atomic E-state index is 4.76. The Morgan fingerprint density at radius 3 is 2.70 bits per heavy atom. The first-order valence-electron chi connectivity index (χ1n) is 8.51. The number of likely N-dealkylation sites (N-methyl/N-ethyl adjacent to an activating group) is 1. The number of pyridine rings is 1. The van der Waals surface area contributed by atoms with Crippen molar-refractivity contribution in [1.82, 2.24) is 10.3 Å². The number of aryl methyl sites for hydroxylation is 1. The second-order valence-electron chi connectivity index (χ2n) is 7.05. The quantitative estimate of drug-likeness (QED) is 0.909. The fraction of sp³-hybridized carbons (Fsp3) is 0.722. The van der Waals surface area contributed by atoms with E-state index in [1.165, 1.54) is 56.2 Å². The van der Waals surface area contributed by atoms with Gasteiger partial charge in [-0.25, -0.2) is 0 Å². The standard InChI is InChI=1S/C18H26N2/c1-19-18(16-13-8-2-3-9-14(13)16)15-10-4-6-12-7-5-11-20-17(12)15/h5,7,11,13-16,18-19H,2-4,6,8-10H2,1H3. The van der Waals surface area contributed by atoms with Gasteiger partial charge in [0.15, 0.2) is 0 Å². The molecule has 0 bridgehead atoms. The van der Waals surface area contributed by atoms with Gasteiger partial charge in [0.2, 0.25) is 0 Å². The molecular formula is C18H26N2. The zero-order chi connectivity index (χ0) is 13.5. The van der Waals surface area contributed by atoms with Crippen molar-refractivity contribution < 1.29 is 0 Å². The summed E-state index contributed by atoms with van der Waals surface area (Å²) in [5, 5.41) is 3.69. The van der Waals surface area contributed by atoms with Crippen LogP contribution >= 0.6 is 0 Å². The number of hydrogen-bond acceptors (Lipinski definition) is 2. The molecule has 20 heavy (non-hydrogen) atoms. The highest BCUT2D eigenvalue weighted by Gasteiger charge is 2.55. The lowest BCUT2D eigenvalue weighted by Crippen LogP contribution is -2.37. The molecule has 0 aromatic carbocycles. The van der Waals surface area contributed by atoms with Gasteiger partial charge >= 0.3 is 0 Å². The molecule has 108 valence electrons. The van der Waals surface area contributed by atoms with E-state index in [9.17, 15) is 0 Å². The smallest absolute Gasteiger partial charge is 0.0482 e. The van der Waals surface area contributed by atoms with E-state index in [1.54, 1.807) is 0 Å². The predicted octanol–water partition coefficient (Wildman–Crippen LogP) is 3.53. The van der Waals surface area contributed by atoms with Crippen LogP contribution in [-0.2, 0) is 6.42 Å². The number of rotatable bonds is 3. The van der Waals surface area contributed by atoms with Gasteiger partial charge in [0.05, 0.1) is 0 Å². The lowest BCUT2D eigenvalue weighted by atomic mass is 9.79. The zero-order valence-electron chi connectivity index (χ0n) is 12.5. The number of nitrogens with zero attached hydrogens (tertiary/aromatic N) is 1. The van der Waals surface area contributed by atoms with E-state index in [4.69, 9.17) is 4.98 Å². The molecule has 1 heterocycles. The van der Waals surface area contributed by atoms with Crippen LogP contribution in [0.3, 0.4) is 0 Å². The van der Waals surface area contributed by atoms with Crippen LogP contribution in [0.4, 0.5) is 0 Å². The van der Waals surface area contributed by atoms with Gasteiger partial charge in [0.25, 0.3) is 0 Å². The summed E-state index contributed by atoms with van der Waals surface area (Å²) >= 11 is 0. The fourth-order valence-corrected chi connectivity index (χ4v) is 5.24. The molecule has 0 spiro atoms. The van der Waals surface area contributed by atoms with Crippen LogP contribution in [-0.4, -0.2) is 18.1 Å². The van der Waals surface area contributed by atoms with Gasteiger partial charge in [-0.15, -0.1) is 0 Å². The minimum Gasteiger partial charge on any atom is -0.316 e. The Kier molecular flexibility index (Phi) is 3.30. The molecule has 2 fully saturated rings. The summed E-state index contributed by atoms with van der Waals surface area (Å²) in [4.78, 5) is 4.76. The van der Waals surface area contributed by atoms with Crippen molar-refractivity contribution in [2.75, 3.05) is 7.05 Å². The van der Waals surface area contributed by atoms with Gasteiger partial charge < -0.3 is 5.32 Å². The van der Waals surface area contributed by atoms with E-state index in [2.05, 4.69) is 24.5 Å². The summed E-state index contributed by atoms with van der Waals surface area (Å²) in [5.41, 5.74) is 2.91. The summed E-state index contributed by atoms with van der Waals surface area (Å²) in [7, 11) is 2.17. The van der Waals surface area contributed by atoms with Gasteiger partial charge in [0.1, 0.15) is 0 Å². The highest BCUT2D eigenvalue weighted by atomic mass is 14.9. The molecular weight excluding hydrogens is 244 g/mol. The van der Waals surface area contributed by atoms with E-state index >= 15 is 0 Å². The molecule has 1 aromatic rings. The second kappa shape index (κ2) is 5.14. The average Bonchev–Trinajstić information content (AvgIpc) is 3.23. The van der Waals surface area contributed by atoms with Gasteiger partial charge in [-0.2, -0.15) is 0 Å². The Morgan fingerprint density at radius 2 is 1.95 bits per heavy atom. The van der Waals surface area contributed by atoms with Crippen LogP contribution in [0.25, 0.3) is 0 Å². The molecule has 2 saturated carbocycles. The Bertz CT molecular complexity index is 472. The summed E-state index contributed by atoms with van der Waals surface area (Å²) in [6.07, 6.45) is 11.8. The third-order valence-corrected chi connectivity index (χ3v) is 6.14. The summed E-state index contributed by atoms with van der Waals surface area (Å²) < 4.78 is 0. The third kappa shape index (κ3) is 2.00. The number of nitrogens with one attached hydrogen (secondary N) is 1. The largest absolute Gasteiger partial charge is 0.316 e. The van der Waals surface area contributed by atoms with Crippen LogP contribution in [0.1, 0.15) is 55.7 Å². The third-order valence-electron chi connectivity index (χ3n) is 6.14. The number of fused-ring (bicyclic) bond motifs is 2. The van der Waals surface area contributed by atoms with Gasteiger partial charge in [-0.1, -0.05) is 18.9 Å². The highest BCUT2D eigenvalue weighted by molar-refractivity contribution is 5.28. The maximum Gasteiger partial charge on any atom is 0.0482 e. The minimum atomic E-state index is 0.653. The lowest BCUT2D eigenvalue weighted by molar-refractivity contribution is 0.351. The first-order valence-corrected chi connectivity index (χ1v) is 8.51. The van der Waals surface area contributed by atoms with Crippen molar-refractivity contribution in [1.29, 1.82) is 0 Å². The molecule has 4 unspecified atom stereocenters. The first kappa shape index (κ1) is 12.8. The Hall–Kier alpha value is -0.890. The van der Waals surface area contributed by atoms with Gasteiger partial charge in [-0.05, 0) is 68.5 Å². The van der Waals surface area contributed by atoms with Crippen molar-refractivity contribution >= 4 is 0 Å². The Balaban J connectivity index is 1.60. The second-order valence-corrected chi connectivity index (χ2v) is 7.05. The SMILES string of the molecule is CNC(C1CCCc2cccnc21)C1C2CCCCC21. The Morgan fingerprint density at radius 1 is 1.15 bits per heavy atom. The van der Waals surface area contributed by atoms with E-state index < -0.39 is 0 Å². The van der Waals surface area contributed by atoms with Crippen molar-refractivity contribution in [2.24, 2.45) is 17.8 Å². The average molecular weight is 270 g/mol. The number of aromatic nitrogens is 1. The fourth-order valence-electron chi connectivity index (χ4n) is 5.24. The van der Waals surface area contributed by atoms with Crippen molar-refractivity contribution in [2.45, 2.75) is 56.9 Å². The molecule has 1 N–H and O–H groups in total. The molecule has 4 rings (SSSR count). The topological polar surface area (TPSA) is 24.9 Å². The summed E-state index contributed by atoms with van der Waals surface area (Å²) in [5.74, 6) is 3.63. The lowest BCUT2D eigenvalue weighted by Gasteiger charge is -2.32. The molecule has 2 heteroatoms. The van der Waals surface area contributed by atoms with Gasteiger partial charge in [0, 0.05) is 23.9 Å². The monoisotopic (exact) mass is 270 g/mol. The van der Waals surface area contributed by atoms with Crippen molar-refractivity contribution in [3.63, 3.8) is 0 Å². The van der Waals surface area contributed by atoms with Crippen LogP contribution in [0.5, 0.6) is 0 Å². The van der Waals surface area contributed by atoms with Crippen LogP contribution in [0, 0.1) is 17.8 Å². The number of hydrogen-bond donors (Lipinski definition) is 1. The molecule has 0 radical (unpaired) electrons. The highest BCUT2D eigenvalue weighted by Crippen LogP contribution is 2.59. The van der Waals surface area contributed by atoms with Crippen LogP contribution < -0.4 is 5.32 Å². The molecule has 3 aliphatic rings. The molecule has 0 saturated heterocycles. The minimum absolute atomic E-state index is 0.653. The molecule has 0 aliphatic heterocycles. The molecule has 3 aliphatic carbocycles. The van der Waals surface area contributed by atoms with Crippen molar-refractivity contribution in [3.05, 3.63) is 29.6 Å².